The monoisotopic (exact) mass is 324 g/mol. The van der Waals surface area contributed by atoms with E-state index in [1.54, 1.807) is 0 Å². The van der Waals surface area contributed by atoms with E-state index in [1.807, 2.05) is 30.0 Å². The standard InChI is InChI=1S/C14H16N2O3S2/c17-21(18,13-10-15-19-11-13)16-7-6-14(20-9-8-16)12-4-2-1-3-5-12/h1-5,10-11,14H,6-9H2. The molecule has 0 bridgehead atoms. The first kappa shape index (κ1) is 14.6. The number of rotatable bonds is 3. The first-order valence-corrected chi connectivity index (χ1v) is 9.23. The second-order valence-corrected chi connectivity index (χ2v) is 8.07. The van der Waals surface area contributed by atoms with Gasteiger partial charge in [-0.05, 0) is 12.0 Å². The summed E-state index contributed by atoms with van der Waals surface area (Å²) in [5, 5.41) is 3.82. The van der Waals surface area contributed by atoms with Crippen molar-refractivity contribution in [1.29, 1.82) is 0 Å². The summed E-state index contributed by atoms with van der Waals surface area (Å²) in [6, 6.07) is 10.2. The minimum Gasteiger partial charge on any atom is -0.363 e. The van der Waals surface area contributed by atoms with Crippen LogP contribution in [0.5, 0.6) is 0 Å². The Morgan fingerprint density at radius 1 is 1.24 bits per heavy atom. The number of hydrogen-bond acceptors (Lipinski definition) is 5. The van der Waals surface area contributed by atoms with Crippen molar-refractivity contribution in [2.24, 2.45) is 0 Å². The zero-order valence-corrected chi connectivity index (χ0v) is 13.0. The van der Waals surface area contributed by atoms with Crippen LogP contribution in [0.2, 0.25) is 0 Å². The molecule has 0 aliphatic carbocycles. The van der Waals surface area contributed by atoms with Gasteiger partial charge in [0.2, 0.25) is 10.0 Å². The summed E-state index contributed by atoms with van der Waals surface area (Å²) in [6.07, 6.45) is 3.24. The molecule has 1 aromatic heterocycles. The first-order valence-electron chi connectivity index (χ1n) is 6.74. The molecule has 3 rings (SSSR count). The van der Waals surface area contributed by atoms with Gasteiger partial charge < -0.3 is 4.52 Å². The van der Waals surface area contributed by atoms with Crippen LogP contribution in [0.3, 0.4) is 0 Å². The van der Waals surface area contributed by atoms with Crippen molar-refractivity contribution in [3.63, 3.8) is 0 Å². The van der Waals surface area contributed by atoms with Crippen molar-refractivity contribution < 1.29 is 12.9 Å². The van der Waals surface area contributed by atoms with E-state index < -0.39 is 10.0 Å². The summed E-state index contributed by atoms with van der Waals surface area (Å²) in [5.41, 5.74) is 1.26. The lowest BCUT2D eigenvalue weighted by molar-refractivity contribution is 0.413. The van der Waals surface area contributed by atoms with Gasteiger partial charge in [0.25, 0.3) is 0 Å². The average Bonchev–Trinajstić information content (AvgIpc) is 2.93. The summed E-state index contributed by atoms with van der Waals surface area (Å²) >= 11 is 1.81. The Hall–Kier alpha value is -1.31. The Bertz CT molecular complexity index is 672. The Morgan fingerprint density at radius 3 is 2.76 bits per heavy atom. The SMILES string of the molecule is O=S(=O)(c1cnoc1)N1CCSC(c2ccccc2)CC1. The van der Waals surface area contributed by atoms with Crippen molar-refractivity contribution in [2.45, 2.75) is 16.6 Å². The maximum Gasteiger partial charge on any atom is 0.247 e. The lowest BCUT2D eigenvalue weighted by Crippen LogP contribution is -2.32. The molecule has 112 valence electrons. The summed E-state index contributed by atoms with van der Waals surface area (Å²) < 4.78 is 31.1. The van der Waals surface area contributed by atoms with E-state index in [2.05, 4.69) is 21.8 Å². The van der Waals surface area contributed by atoms with Crippen LogP contribution < -0.4 is 0 Å². The smallest absolute Gasteiger partial charge is 0.247 e. The average molecular weight is 324 g/mol. The molecule has 0 amide bonds. The van der Waals surface area contributed by atoms with Crippen LogP contribution in [0, 0.1) is 0 Å². The summed E-state index contributed by atoms with van der Waals surface area (Å²) in [4.78, 5) is 0.130. The van der Waals surface area contributed by atoms with Gasteiger partial charge in [-0.1, -0.05) is 35.5 Å². The molecule has 2 heterocycles. The molecule has 1 saturated heterocycles. The van der Waals surface area contributed by atoms with Crippen molar-refractivity contribution in [1.82, 2.24) is 9.46 Å². The third kappa shape index (κ3) is 3.14. The lowest BCUT2D eigenvalue weighted by Gasteiger charge is -2.18. The highest BCUT2D eigenvalue weighted by atomic mass is 32.2. The van der Waals surface area contributed by atoms with Gasteiger partial charge in [0.1, 0.15) is 11.2 Å². The topological polar surface area (TPSA) is 63.4 Å². The third-order valence-corrected chi connectivity index (χ3v) is 6.69. The lowest BCUT2D eigenvalue weighted by atomic mass is 10.1. The van der Waals surface area contributed by atoms with Crippen molar-refractivity contribution in [3.8, 4) is 0 Å². The van der Waals surface area contributed by atoms with Crippen LogP contribution in [0.15, 0.2) is 52.2 Å². The number of hydrogen-bond donors (Lipinski definition) is 0. The molecule has 0 saturated carbocycles. The van der Waals surface area contributed by atoms with Gasteiger partial charge in [-0.25, -0.2) is 8.42 Å². The molecule has 5 nitrogen and oxygen atoms in total. The second-order valence-electron chi connectivity index (χ2n) is 4.82. The maximum absolute atomic E-state index is 12.5. The Labute approximate surface area is 128 Å². The Balaban J connectivity index is 1.75. The Kier molecular flexibility index (Phi) is 4.32. The van der Waals surface area contributed by atoms with E-state index in [4.69, 9.17) is 0 Å². The molecule has 0 spiro atoms. The number of benzene rings is 1. The van der Waals surface area contributed by atoms with Gasteiger partial charge in [0.05, 0.1) is 6.20 Å². The molecule has 1 fully saturated rings. The minimum absolute atomic E-state index is 0.130. The minimum atomic E-state index is -3.48. The van der Waals surface area contributed by atoms with Gasteiger partial charge in [-0.2, -0.15) is 16.1 Å². The zero-order chi connectivity index (χ0) is 14.7. The van der Waals surface area contributed by atoms with Crippen LogP contribution in [0.4, 0.5) is 0 Å². The molecule has 1 aliphatic rings. The molecule has 21 heavy (non-hydrogen) atoms. The van der Waals surface area contributed by atoms with Gasteiger partial charge >= 0.3 is 0 Å². The van der Waals surface area contributed by atoms with Crippen LogP contribution in [-0.2, 0) is 10.0 Å². The highest BCUT2D eigenvalue weighted by Gasteiger charge is 2.29. The highest BCUT2D eigenvalue weighted by Crippen LogP contribution is 2.35. The number of nitrogens with zero attached hydrogens (tertiary/aromatic N) is 2. The summed E-state index contributed by atoms with van der Waals surface area (Å²) in [5.74, 6) is 0.782. The van der Waals surface area contributed by atoms with E-state index in [1.165, 1.54) is 22.3 Å². The van der Waals surface area contributed by atoms with Crippen molar-refractivity contribution >= 4 is 21.8 Å². The molecule has 1 atom stereocenters. The number of sulfonamides is 1. The highest BCUT2D eigenvalue weighted by molar-refractivity contribution is 7.99. The van der Waals surface area contributed by atoms with Gasteiger partial charge in [0, 0.05) is 24.1 Å². The number of thioether (sulfide) groups is 1. The van der Waals surface area contributed by atoms with Gasteiger partial charge in [-0.3, -0.25) is 0 Å². The predicted molar refractivity (Wildman–Crippen MR) is 81.5 cm³/mol. The van der Waals surface area contributed by atoms with E-state index in [-0.39, 0.29) is 4.90 Å². The largest absolute Gasteiger partial charge is 0.363 e. The quantitative estimate of drug-likeness (QED) is 0.868. The zero-order valence-electron chi connectivity index (χ0n) is 11.4. The van der Waals surface area contributed by atoms with Crippen molar-refractivity contribution in [3.05, 3.63) is 48.4 Å². The van der Waals surface area contributed by atoms with Crippen LogP contribution >= 0.6 is 11.8 Å². The maximum atomic E-state index is 12.5. The molecular formula is C14H16N2O3S2. The Morgan fingerprint density at radius 2 is 2.05 bits per heavy atom. The predicted octanol–water partition coefficient (Wildman–Crippen LogP) is 2.54. The third-order valence-electron chi connectivity index (χ3n) is 3.52. The molecule has 2 aromatic rings. The molecule has 0 radical (unpaired) electrons. The summed E-state index contributed by atoms with van der Waals surface area (Å²) in [6.45, 7) is 1.03. The molecular weight excluding hydrogens is 308 g/mol. The van der Waals surface area contributed by atoms with E-state index in [0.717, 1.165) is 12.2 Å². The number of aromatic nitrogens is 1. The molecule has 1 unspecified atom stereocenters. The van der Waals surface area contributed by atoms with Gasteiger partial charge in [0.15, 0.2) is 0 Å². The van der Waals surface area contributed by atoms with Gasteiger partial charge in [-0.15, -0.1) is 0 Å². The first-order chi connectivity index (χ1) is 10.2. The van der Waals surface area contributed by atoms with E-state index >= 15 is 0 Å². The van der Waals surface area contributed by atoms with Crippen LogP contribution in [-0.4, -0.2) is 36.7 Å². The fraction of sp³-hybridized carbons (Fsp3) is 0.357. The van der Waals surface area contributed by atoms with E-state index in [0.29, 0.717) is 18.3 Å². The van der Waals surface area contributed by atoms with Crippen molar-refractivity contribution in [2.75, 3.05) is 18.8 Å². The molecule has 1 aliphatic heterocycles. The van der Waals surface area contributed by atoms with Crippen LogP contribution in [0.25, 0.3) is 0 Å². The molecule has 1 aromatic carbocycles. The fourth-order valence-corrected chi connectivity index (χ4v) is 5.06. The summed E-state index contributed by atoms with van der Waals surface area (Å²) in [7, 11) is -3.48. The van der Waals surface area contributed by atoms with Crippen LogP contribution in [0.1, 0.15) is 17.2 Å². The fourth-order valence-electron chi connectivity index (χ4n) is 2.40. The molecule has 7 heteroatoms. The van der Waals surface area contributed by atoms with E-state index in [9.17, 15) is 8.42 Å². The normalized spacial score (nSPS) is 21.0. The molecule has 0 N–H and O–H groups in total. The second kappa shape index (κ2) is 6.21.